The number of aliphatic carboxylic acids is 1. The standard InChI is InChI=1S/C17H19N3O.C2HF3O2/c1-13-11-18-9-10-20(13)17(21)15-7-8-16(19-12-15)14-5-3-2-4-6-14;3-2(4,5)1(6)7/h2-8,12-13,18H,9-11H2,1H3;(H,6,7)/t13-;/m0./s1. The van der Waals surface area contributed by atoms with Crippen LogP contribution in [0.25, 0.3) is 11.3 Å². The Morgan fingerprint density at radius 3 is 2.32 bits per heavy atom. The van der Waals surface area contributed by atoms with Gasteiger partial charge in [0.05, 0.1) is 11.3 Å². The molecule has 0 bridgehead atoms. The Bertz CT molecular complexity index is 796. The Hall–Kier alpha value is -2.94. The van der Waals surface area contributed by atoms with Gasteiger partial charge in [-0.25, -0.2) is 4.79 Å². The van der Waals surface area contributed by atoms with Crippen LogP contribution < -0.4 is 5.32 Å². The fourth-order valence-electron chi connectivity index (χ4n) is 2.61. The first-order valence-electron chi connectivity index (χ1n) is 8.53. The van der Waals surface area contributed by atoms with Crippen LogP contribution in [0.5, 0.6) is 0 Å². The predicted octanol–water partition coefficient (Wildman–Crippen LogP) is 2.82. The van der Waals surface area contributed by atoms with Crippen molar-refractivity contribution < 1.29 is 27.9 Å². The van der Waals surface area contributed by atoms with Crippen LogP contribution in [0.1, 0.15) is 17.3 Å². The maximum Gasteiger partial charge on any atom is 0.490 e. The van der Waals surface area contributed by atoms with E-state index in [2.05, 4.69) is 17.2 Å². The number of rotatable bonds is 2. The lowest BCUT2D eigenvalue weighted by atomic mass is 10.1. The van der Waals surface area contributed by atoms with Crippen molar-refractivity contribution in [3.63, 3.8) is 0 Å². The molecule has 1 amide bonds. The summed E-state index contributed by atoms with van der Waals surface area (Å²) in [6.45, 7) is 4.52. The first-order valence-corrected chi connectivity index (χ1v) is 8.53. The van der Waals surface area contributed by atoms with Gasteiger partial charge in [0.25, 0.3) is 5.91 Å². The summed E-state index contributed by atoms with van der Waals surface area (Å²) in [5, 5.41) is 10.4. The van der Waals surface area contributed by atoms with Gasteiger partial charge in [0, 0.05) is 37.4 Å². The first kappa shape index (κ1) is 21.4. The van der Waals surface area contributed by atoms with Crippen molar-refractivity contribution in [3.05, 3.63) is 54.2 Å². The molecule has 1 aliphatic rings. The molecule has 2 heterocycles. The number of pyridine rings is 1. The lowest BCUT2D eigenvalue weighted by Crippen LogP contribution is -2.52. The highest BCUT2D eigenvalue weighted by Crippen LogP contribution is 2.17. The van der Waals surface area contributed by atoms with E-state index in [0.29, 0.717) is 5.56 Å². The zero-order valence-corrected chi connectivity index (χ0v) is 15.1. The smallest absolute Gasteiger partial charge is 0.475 e. The Balaban J connectivity index is 0.000000345. The number of nitrogens with zero attached hydrogens (tertiary/aromatic N) is 2. The van der Waals surface area contributed by atoms with Crippen LogP contribution in [0.3, 0.4) is 0 Å². The summed E-state index contributed by atoms with van der Waals surface area (Å²) in [7, 11) is 0. The summed E-state index contributed by atoms with van der Waals surface area (Å²) in [6.07, 6.45) is -3.40. The number of hydrogen-bond acceptors (Lipinski definition) is 4. The molecular weight excluding hydrogens is 375 g/mol. The van der Waals surface area contributed by atoms with E-state index in [1.807, 2.05) is 47.4 Å². The van der Waals surface area contributed by atoms with Crippen LogP contribution in [0.15, 0.2) is 48.7 Å². The quantitative estimate of drug-likeness (QED) is 0.817. The number of halogens is 3. The van der Waals surface area contributed by atoms with Gasteiger partial charge in [0.15, 0.2) is 0 Å². The number of benzene rings is 1. The molecule has 0 spiro atoms. The Labute approximate surface area is 160 Å². The van der Waals surface area contributed by atoms with Crippen LogP contribution in [-0.4, -0.2) is 58.7 Å². The topological polar surface area (TPSA) is 82.5 Å². The molecule has 0 unspecified atom stereocenters. The highest BCUT2D eigenvalue weighted by molar-refractivity contribution is 5.94. The van der Waals surface area contributed by atoms with E-state index in [4.69, 9.17) is 9.90 Å². The van der Waals surface area contributed by atoms with Crippen molar-refractivity contribution >= 4 is 11.9 Å². The third-order valence-electron chi connectivity index (χ3n) is 4.08. The fraction of sp³-hybridized carbons (Fsp3) is 0.316. The van der Waals surface area contributed by atoms with Crippen molar-refractivity contribution in [2.45, 2.75) is 19.1 Å². The molecular formula is C19H20F3N3O3. The molecule has 28 heavy (non-hydrogen) atoms. The van der Waals surface area contributed by atoms with Gasteiger partial charge in [0.1, 0.15) is 0 Å². The van der Waals surface area contributed by atoms with Gasteiger partial charge >= 0.3 is 12.1 Å². The van der Waals surface area contributed by atoms with Crippen LogP contribution in [0.4, 0.5) is 13.2 Å². The van der Waals surface area contributed by atoms with Crippen molar-refractivity contribution in [1.29, 1.82) is 0 Å². The molecule has 1 aromatic heterocycles. The zero-order chi connectivity index (χ0) is 20.7. The summed E-state index contributed by atoms with van der Waals surface area (Å²) in [6, 6.07) is 14.0. The molecule has 1 aliphatic heterocycles. The highest BCUT2D eigenvalue weighted by atomic mass is 19.4. The van der Waals surface area contributed by atoms with E-state index in [9.17, 15) is 18.0 Å². The summed E-state index contributed by atoms with van der Waals surface area (Å²) >= 11 is 0. The second-order valence-corrected chi connectivity index (χ2v) is 6.15. The number of amides is 1. The van der Waals surface area contributed by atoms with Gasteiger partial charge in [0.2, 0.25) is 0 Å². The molecule has 6 nitrogen and oxygen atoms in total. The summed E-state index contributed by atoms with van der Waals surface area (Å²) in [5.74, 6) is -2.69. The molecule has 0 aliphatic carbocycles. The molecule has 1 fully saturated rings. The van der Waals surface area contributed by atoms with Crippen LogP contribution in [-0.2, 0) is 4.79 Å². The summed E-state index contributed by atoms with van der Waals surface area (Å²) < 4.78 is 31.7. The molecule has 1 saturated heterocycles. The van der Waals surface area contributed by atoms with Gasteiger partial charge in [-0.2, -0.15) is 13.2 Å². The number of aromatic nitrogens is 1. The van der Waals surface area contributed by atoms with Gasteiger partial charge in [-0.05, 0) is 19.1 Å². The number of carbonyl (C=O) groups excluding carboxylic acids is 1. The first-order chi connectivity index (χ1) is 13.2. The number of carboxylic acids is 1. The van der Waals surface area contributed by atoms with Gasteiger partial charge in [-0.1, -0.05) is 30.3 Å². The normalized spacial score (nSPS) is 16.7. The third-order valence-corrected chi connectivity index (χ3v) is 4.08. The number of carbonyl (C=O) groups is 2. The molecule has 2 aromatic rings. The highest BCUT2D eigenvalue weighted by Gasteiger charge is 2.38. The minimum atomic E-state index is -5.08. The molecule has 3 rings (SSSR count). The number of nitrogens with one attached hydrogen (secondary N) is 1. The monoisotopic (exact) mass is 395 g/mol. The van der Waals surface area contributed by atoms with Crippen molar-refractivity contribution in [3.8, 4) is 11.3 Å². The lowest BCUT2D eigenvalue weighted by molar-refractivity contribution is -0.192. The van der Waals surface area contributed by atoms with Gasteiger partial charge in [-0.3, -0.25) is 9.78 Å². The number of piperazine rings is 1. The third kappa shape index (κ3) is 5.78. The van der Waals surface area contributed by atoms with Crippen molar-refractivity contribution in [2.24, 2.45) is 0 Å². The second kappa shape index (κ2) is 9.32. The van der Waals surface area contributed by atoms with E-state index in [1.54, 1.807) is 6.20 Å². The molecule has 1 aromatic carbocycles. The molecule has 9 heteroatoms. The zero-order valence-electron chi connectivity index (χ0n) is 15.1. The molecule has 0 radical (unpaired) electrons. The average Bonchev–Trinajstić information content (AvgIpc) is 2.68. The van der Waals surface area contributed by atoms with Crippen LogP contribution >= 0.6 is 0 Å². The predicted molar refractivity (Wildman–Crippen MR) is 96.7 cm³/mol. The largest absolute Gasteiger partial charge is 0.490 e. The van der Waals surface area contributed by atoms with Crippen LogP contribution in [0.2, 0.25) is 0 Å². The van der Waals surface area contributed by atoms with Crippen LogP contribution in [0, 0.1) is 0 Å². The van der Waals surface area contributed by atoms with Gasteiger partial charge < -0.3 is 15.3 Å². The number of alkyl halides is 3. The van der Waals surface area contributed by atoms with E-state index in [-0.39, 0.29) is 11.9 Å². The van der Waals surface area contributed by atoms with E-state index in [0.717, 1.165) is 30.9 Å². The number of hydrogen-bond donors (Lipinski definition) is 2. The maximum absolute atomic E-state index is 12.5. The van der Waals surface area contributed by atoms with E-state index < -0.39 is 12.1 Å². The fourth-order valence-corrected chi connectivity index (χ4v) is 2.61. The second-order valence-electron chi connectivity index (χ2n) is 6.15. The molecule has 2 N–H and O–H groups in total. The van der Waals surface area contributed by atoms with Gasteiger partial charge in [-0.15, -0.1) is 0 Å². The van der Waals surface area contributed by atoms with Crippen molar-refractivity contribution in [2.75, 3.05) is 19.6 Å². The summed E-state index contributed by atoms with van der Waals surface area (Å²) in [5.41, 5.74) is 2.61. The van der Waals surface area contributed by atoms with E-state index >= 15 is 0 Å². The number of carboxylic acid groups (broad SMARTS) is 1. The molecule has 150 valence electrons. The molecule has 0 saturated carbocycles. The Morgan fingerprint density at radius 1 is 1.18 bits per heavy atom. The molecule has 1 atom stereocenters. The lowest BCUT2D eigenvalue weighted by Gasteiger charge is -2.34. The Morgan fingerprint density at radius 2 is 1.82 bits per heavy atom. The van der Waals surface area contributed by atoms with E-state index in [1.165, 1.54) is 0 Å². The summed E-state index contributed by atoms with van der Waals surface area (Å²) in [4.78, 5) is 27.8. The minimum Gasteiger partial charge on any atom is -0.475 e. The van der Waals surface area contributed by atoms with Crippen molar-refractivity contribution in [1.82, 2.24) is 15.2 Å². The SMILES string of the molecule is C[C@H]1CNCCN1C(=O)c1ccc(-c2ccccc2)nc1.O=C(O)C(F)(F)F. The average molecular weight is 395 g/mol. The minimum absolute atomic E-state index is 0.0658. The Kier molecular flexibility index (Phi) is 7.11. The maximum atomic E-state index is 12.5.